The monoisotopic (exact) mass is 761 g/mol. The van der Waals surface area contributed by atoms with Crippen LogP contribution in [0.3, 0.4) is 0 Å². The molecule has 0 bridgehead atoms. The fourth-order valence-electron chi connectivity index (χ4n) is 6.84. The van der Waals surface area contributed by atoms with Gasteiger partial charge in [0, 0.05) is 19.4 Å². The Morgan fingerprint density at radius 2 is 0.741 bits per heavy atom. The molecule has 54 heavy (non-hydrogen) atoms. The van der Waals surface area contributed by atoms with Gasteiger partial charge in [0.1, 0.15) is 6.61 Å². The molecule has 5 nitrogen and oxygen atoms in total. The van der Waals surface area contributed by atoms with Gasteiger partial charge in [-0.1, -0.05) is 199 Å². The van der Waals surface area contributed by atoms with E-state index < -0.39 is 6.10 Å². The zero-order valence-electron chi connectivity index (χ0n) is 36.5. The molecule has 1 atom stereocenters. The minimum atomic E-state index is -0.530. The molecule has 0 amide bonds. The molecule has 0 radical (unpaired) electrons. The van der Waals surface area contributed by atoms with Gasteiger partial charge in [-0.05, 0) is 64.2 Å². The third kappa shape index (κ3) is 43.1. The van der Waals surface area contributed by atoms with Gasteiger partial charge in [0.15, 0.2) is 6.10 Å². The zero-order chi connectivity index (χ0) is 39.3. The molecule has 0 rings (SSSR count). The Morgan fingerprint density at radius 3 is 1.19 bits per heavy atom. The van der Waals surface area contributed by atoms with Crippen LogP contribution in [0.4, 0.5) is 0 Å². The number of carbonyl (C=O) groups is 2. The molecule has 1 unspecified atom stereocenters. The summed E-state index contributed by atoms with van der Waals surface area (Å²) >= 11 is 0. The number of hydrogen-bond acceptors (Lipinski definition) is 5. The number of allylic oxidation sites excluding steroid dienone is 4. The van der Waals surface area contributed by atoms with Crippen molar-refractivity contribution >= 4 is 11.9 Å². The summed E-state index contributed by atoms with van der Waals surface area (Å²) in [6, 6.07) is 0. The summed E-state index contributed by atoms with van der Waals surface area (Å²) in [5.74, 6) is -0.398. The second kappa shape index (κ2) is 45.8. The van der Waals surface area contributed by atoms with Crippen molar-refractivity contribution in [3.8, 4) is 0 Å². The second-order valence-corrected chi connectivity index (χ2v) is 16.0. The van der Waals surface area contributed by atoms with E-state index in [1.54, 1.807) is 0 Å². The highest BCUT2D eigenvalue weighted by atomic mass is 16.6. The van der Waals surface area contributed by atoms with Crippen LogP contribution in [-0.4, -0.2) is 37.9 Å². The van der Waals surface area contributed by atoms with E-state index in [1.807, 2.05) is 0 Å². The average Bonchev–Trinajstić information content (AvgIpc) is 3.17. The number of unbranched alkanes of at least 4 members (excludes halogenated alkanes) is 29. The fourth-order valence-corrected chi connectivity index (χ4v) is 6.84. The van der Waals surface area contributed by atoms with Gasteiger partial charge in [0.25, 0.3) is 0 Å². The summed E-state index contributed by atoms with van der Waals surface area (Å²) in [4.78, 5) is 25.1. The van der Waals surface area contributed by atoms with Gasteiger partial charge in [0.05, 0.1) is 6.61 Å². The van der Waals surface area contributed by atoms with Crippen LogP contribution in [0.25, 0.3) is 0 Å². The van der Waals surface area contributed by atoms with E-state index >= 15 is 0 Å². The molecular formula is C49H92O5. The first-order chi connectivity index (χ1) is 26.6. The smallest absolute Gasteiger partial charge is 0.306 e. The average molecular weight is 761 g/mol. The molecule has 0 aromatic heterocycles. The van der Waals surface area contributed by atoms with E-state index in [4.69, 9.17) is 14.2 Å². The van der Waals surface area contributed by atoms with Crippen molar-refractivity contribution in [1.29, 1.82) is 0 Å². The maximum atomic E-state index is 12.6. The minimum absolute atomic E-state index is 0.0867. The van der Waals surface area contributed by atoms with Crippen LogP contribution < -0.4 is 0 Å². The molecule has 0 aliphatic heterocycles. The number of rotatable bonds is 44. The van der Waals surface area contributed by atoms with Crippen molar-refractivity contribution in [3.63, 3.8) is 0 Å². The number of hydrogen-bond donors (Lipinski definition) is 0. The van der Waals surface area contributed by atoms with Gasteiger partial charge in [-0.2, -0.15) is 0 Å². The molecule has 318 valence electrons. The summed E-state index contributed by atoms with van der Waals surface area (Å²) < 4.78 is 17.3. The molecule has 0 heterocycles. The highest BCUT2D eigenvalue weighted by Gasteiger charge is 2.17. The van der Waals surface area contributed by atoms with Crippen LogP contribution in [0.1, 0.15) is 252 Å². The van der Waals surface area contributed by atoms with Gasteiger partial charge in [-0.3, -0.25) is 9.59 Å². The predicted molar refractivity (Wildman–Crippen MR) is 233 cm³/mol. The lowest BCUT2D eigenvalue weighted by Gasteiger charge is -2.18. The molecule has 0 spiro atoms. The van der Waals surface area contributed by atoms with Crippen LogP contribution in [0.2, 0.25) is 0 Å². The summed E-state index contributed by atoms with van der Waals surface area (Å²) in [5, 5.41) is 0. The van der Waals surface area contributed by atoms with E-state index in [9.17, 15) is 9.59 Å². The Balaban J connectivity index is 4.07. The summed E-state index contributed by atoms with van der Waals surface area (Å²) in [6.45, 7) is 7.77. The van der Waals surface area contributed by atoms with E-state index in [2.05, 4.69) is 45.1 Å². The Hall–Kier alpha value is -1.62. The molecule has 0 aliphatic rings. The molecule has 0 N–H and O–H groups in total. The Bertz CT molecular complexity index is 821. The standard InChI is InChI=1S/C49H92O5/c1-4-7-10-13-16-18-20-22-23-24-25-26-27-28-29-31-34-36-39-42-48(50)53-46-47(54-49(51)43-40-37-33-15-12-9-6-3)45-52-44-41-38-35-32-30-21-19-17-14-11-8-5-2/h14,17,22-23,47H,4-13,15-16,18-21,24-46H2,1-3H3/b17-14-,23-22-. The van der Waals surface area contributed by atoms with E-state index in [1.165, 1.54) is 180 Å². The number of carbonyl (C=O) groups excluding carboxylic acids is 2. The molecule has 5 heteroatoms. The topological polar surface area (TPSA) is 61.8 Å². The van der Waals surface area contributed by atoms with E-state index in [0.717, 1.165) is 38.5 Å². The van der Waals surface area contributed by atoms with Gasteiger partial charge in [0.2, 0.25) is 0 Å². The summed E-state index contributed by atoms with van der Waals surface area (Å²) in [7, 11) is 0. The third-order valence-corrected chi connectivity index (χ3v) is 10.5. The molecule has 0 aliphatic carbocycles. The predicted octanol–water partition coefficient (Wildman–Crippen LogP) is 15.7. The maximum Gasteiger partial charge on any atom is 0.306 e. The lowest BCUT2D eigenvalue weighted by molar-refractivity contribution is -0.163. The molecule has 0 saturated heterocycles. The highest BCUT2D eigenvalue weighted by Crippen LogP contribution is 2.14. The van der Waals surface area contributed by atoms with Crippen LogP contribution in [0, 0.1) is 0 Å². The molecular weight excluding hydrogens is 669 g/mol. The SMILES string of the molecule is CCCC/C=C\CCCCCCCCOCC(COC(=O)CCCCCCCCCCC/C=C\CCCCCCCC)OC(=O)CCCCCCCCC. The van der Waals surface area contributed by atoms with Crippen LogP contribution in [0.5, 0.6) is 0 Å². The molecule has 0 aromatic carbocycles. The molecule has 0 aromatic rings. The van der Waals surface area contributed by atoms with Crippen LogP contribution >= 0.6 is 0 Å². The van der Waals surface area contributed by atoms with Gasteiger partial charge < -0.3 is 14.2 Å². The first-order valence-electron chi connectivity index (χ1n) is 23.9. The van der Waals surface area contributed by atoms with Crippen LogP contribution in [-0.2, 0) is 23.8 Å². The van der Waals surface area contributed by atoms with Crippen molar-refractivity contribution in [1.82, 2.24) is 0 Å². The van der Waals surface area contributed by atoms with Gasteiger partial charge in [-0.15, -0.1) is 0 Å². The Kier molecular flexibility index (Phi) is 44.4. The molecule has 0 saturated carbocycles. The minimum Gasteiger partial charge on any atom is -0.462 e. The van der Waals surface area contributed by atoms with E-state index in [0.29, 0.717) is 19.4 Å². The largest absolute Gasteiger partial charge is 0.462 e. The second-order valence-electron chi connectivity index (χ2n) is 16.0. The van der Waals surface area contributed by atoms with E-state index in [-0.39, 0.29) is 25.2 Å². The first kappa shape index (κ1) is 52.4. The summed E-state index contributed by atoms with van der Waals surface area (Å²) in [6.07, 6.45) is 51.9. The first-order valence-corrected chi connectivity index (χ1v) is 23.9. The third-order valence-electron chi connectivity index (χ3n) is 10.5. The number of esters is 2. The lowest BCUT2D eigenvalue weighted by Crippen LogP contribution is -2.30. The molecule has 0 fully saturated rings. The van der Waals surface area contributed by atoms with Gasteiger partial charge in [-0.25, -0.2) is 0 Å². The Morgan fingerprint density at radius 1 is 0.389 bits per heavy atom. The van der Waals surface area contributed by atoms with Crippen molar-refractivity contribution in [2.75, 3.05) is 19.8 Å². The summed E-state index contributed by atoms with van der Waals surface area (Å²) in [5.41, 5.74) is 0. The van der Waals surface area contributed by atoms with Crippen molar-refractivity contribution in [2.45, 2.75) is 258 Å². The van der Waals surface area contributed by atoms with Crippen molar-refractivity contribution in [3.05, 3.63) is 24.3 Å². The van der Waals surface area contributed by atoms with Gasteiger partial charge >= 0.3 is 11.9 Å². The van der Waals surface area contributed by atoms with Crippen LogP contribution in [0.15, 0.2) is 24.3 Å². The zero-order valence-corrected chi connectivity index (χ0v) is 36.5. The number of ether oxygens (including phenoxy) is 3. The maximum absolute atomic E-state index is 12.6. The van der Waals surface area contributed by atoms with Crippen molar-refractivity contribution in [2.24, 2.45) is 0 Å². The lowest BCUT2D eigenvalue weighted by atomic mass is 10.1. The normalized spacial score (nSPS) is 12.3. The highest BCUT2D eigenvalue weighted by molar-refractivity contribution is 5.70. The van der Waals surface area contributed by atoms with Crippen molar-refractivity contribution < 1.29 is 23.8 Å². The Labute approximate surface area is 337 Å². The quantitative estimate of drug-likeness (QED) is 0.0352. The fraction of sp³-hybridized carbons (Fsp3) is 0.878.